The molecule has 1 atom stereocenters. The summed E-state index contributed by atoms with van der Waals surface area (Å²) in [7, 11) is 1.36. The van der Waals surface area contributed by atoms with Gasteiger partial charge in [0.1, 0.15) is 5.41 Å². The summed E-state index contributed by atoms with van der Waals surface area (Å²) in [6.07, 6.45) is 4.81. The number of carbonyl (C=O) groups is 1. The van der Waals surface area contributed by atoms with Gasteiger partial charge in [0.15, 0.2) is 0 Å². The van der Waals surface area contributed by atoms with Crippen LogP contribution < -0.4 is 0 Å². The lowest BCUT2D eigenvalue weighted by Gasteiger charge is -2.16. The summed E-state index contributed by atoms with van der Waals surface area (Å²) < 4.78 is 4.89. The summed E-state index contributed by atoms with van der Waals surface area (Å²) in [6, 6.07) is 6.10. The predicted molar refractivity (Wildman–Crippen MR) is 74.4 cm³/mol. The number of non-ortho nitro benzene ring substituents is 1. The van der Waals surface area contributed by atoms with Crippen LogP contribution in [0.5, 0.6) is 0 Å². The number of nitro benzene ring substituents is 1. The van der Waals surface area contributed by atoms with E-state index in [4.69, 9.17) is 4.74 Å². The average Bonchev–Trinajstić information content (AvgIpc) is 3.20. The van der Waals surface area contributed by atoms with Crippen LogP contribution in [-0.4, -0.2) is 18.0 Å². The normalized spacial score (nSPS) is 20.2. The van der Waals surface area contributed by atoms with E-state index in [1.54, 1.807) is 12.1 Å². The van der Waals surface area contributed by atoms with E-state index >= 15 is 0 Å². The molecule has 0 N–H and O–H groups in total. The smallest absolute Gasteiger partial charge is 0.324 e. The first-order chi connectivity index (χ1) is 9.56. The van der Waals surface area contributed by atoms with Gasteiger partial charge in [0.05, 0.1) is 12.0 Å². The molecular formula is C15H17NO4. The Morgan fingerprint density at radius 1 is 1.35 bits per heavy atom. The van der Waals surface area contributed by atoms with Crippen molar-refractivity contribution in [3.05, 3.63) is 51.6 Å². The number of nitrogens with zero attached hydrogens (tertiary/aromatic N) is 1. The highest BCUT2D eigenvalue weighted by Crippen LogP contribution is 2.50. The number of hydrogen-bond acceptors (Lipinski definition) is 4. The van der Waals surface area contributed by atoms with Gasteiger partial charge in [-0.25, -0.2) is 0 Å². The van der Waals surface area contributed by atoms with Gasteiger partial charge in [0, 0.05) is 12.1 Å². The van der Waals surface area contributed by atoms with Crippen molar-refractivity contribution in [3.8, 4) is 0 Å². The van der Waals surface area contributed by atoms with Gasteiger partial charge in [-0.3, -0.25) is 14.9 Å². The van der Waals surface area contributed by atoms with Crippen LogP contribution in [0.3, 0.4) is 0 Å². The van der Waals surface area contributed by atoms with Crippen LogP contribution in [0.4, 0.5) is 5.69 Å². The van der Waals surface area contributed by atoms with E-state index < -0.39 is 10.3 Å². The Bertz CT molecular complexity index is 562. The summed E-state index contributed by atoms with van der Waals surface area (Å²) in [5, 5.41) is 10.7. The number of hydrogen-bond donors (Lipinski definition) is 0. The molecule has 0 aromatic heterocycles. The van der Waals surface area contributed by atoms with Crippen molar-refractivity contribution in [1.29, 1.82) is 0 Å². The molecule has 1 aromatic carbocycles. The Hall–Kier alpha value is -2.17. The number of unbranched alkanes of at least 4 members (excludes halogenated alkanes) is 1. The first kappa shape index (κ1) is 14.2. The maximum Gasteiger partial charge on any atom is 0.324 e. The first-order valence-electron chi connectivity index (χ1n) is 6.61. The van der Waals surface area contributed by atoms with Gasteiger partial charge in [-0.15, -0.1) is 0 Å². The molecule has 5 nitrogen and oxygen atoms in total. The van der Waals surface area contributed by atoms with Gasteiger partial charge in [0.25, 0.3) is 5.69 Å². The highest BCUT2D eigenvalue weighted by molar-refractivity contribution is 5.96. The quantitative estimate of drug-likeness (QED) is 0.346. The summed E-state index contributed by atoms with van der Waals surface area (Å²) in [5.74, 6) is -0.322. The van der Waals surface area contributed by atoms with E-state index in [0.29, 0.717) is 0 Å². The molecule has 1 aliphatic rings. The van der Waals surface area contributed by atoms with Crippen molar-refractivity contribution in [1.82, 2.24) is 0 Å². The predicted octanol–water partition coefficient (Wildman–Crippen LogP) is 3.14. The van der Waals surface area contributed by atoms with Gasteiger partial charge >= 0.3 is 5.97 Å². The zero-order valence-corrected chi connectivity index (χ0v) is 11.6. The third-order valence-corrected chi connectivity index (χ3v) is 3.65. The van der Waals surface area contributed by atoms with Crippen molar-refractivity contribution >= 4 is 11.7 Å². The van der Waals surface area contributed by atoms with E-state index in [1.165, 1.54) is 19.2 Å². The van der Waals surface area contributed by atoms with E-state index in [1.807, 2.05) is 6.08 Å². The van der Waals surface area contributed by atoms with Crippen molar-refractivity contribution in [2.24, 2.45) is 0 Å². The van der Waals surface area contributed by atoms with Crippen molar-refractivity contribution in [2.45, 2.75) is 31.6 Å². The molecule has 1 unspecified atom stereocenters. The lowest BCUT2D eigenvalue weighted by atomic mass is 9.88. The molecule has 0 saturated carbocycles. The van der Waals surface area contributed by atoms with Gasteiger partial charge in [0.2, 0.25) is 0 Å². The Morgan fingerprint density at radius 3 is 2.50 bits per heavy atom. The van der Waals surface area contributed by atoms with Crippen molar-refractivity contribution in [2.75, 3.05) is 7.11 Å². The highest BCUT2D eigenvalue weighted by Gasteiger charge is 2.52. The molecule has 2 rings (SSSR count). The first-order valence-corrected chi connectivity index (χ1v) is 6.61. The third-order valence-electron chi connectivity index (χ3n) is 3.65. The Labute approximate surface area is 117 Å². The van der Waals surface area contributed by atoms with E-state index in [9.17, 15) is 14.9 Å². The van der Waals surface area contributed by atoms with Gasteiger partial charge < -0.3 is 4.74 Å². The minimum atomic E-state index is -0.793. The molecule has 1 aliphatic carbocycles. The molecule has 0 bridgehead atoms. The largest absolute Gasteiger partial charge is 0.468 e. The zero-order chi connectivity index (χ0) is 14.8. The molecule has 0 amide bonds. The maximum atomic E-state index is 12.1. The summed E-state index contributed by atoms with van der Waals surface area (Å²) in [5.41, 5.74) is 1.00. The average molecular weight is 275 g/mol. The number of ether oxygens (including phenoxy) is 1. The van der Waals surface area contributed by atoms with Gasteiger partial charge in [-0.2, -0.15) is 0 Å². The van der Waals surface area contributed by atoms with Gasteiger partial charge in [-0.05, 0) is 24.0 Å². The molecule has 0 radical (unpaired) electrons. The number of methoxy groups -OCH3 is 1. The van der Waals surface area contributed by atoms with Crippen LogP contribution >= 0.6 is 0 Å². The molecule has 0 spiro atoms. The van der Waals surface area contributed by atoms with Crippen LogP contribution in [0, 0.1) is 10.1 Å². The molecular weight excluding hydrogens is 258 g/mol. The second kappa shape index (κ2) is 5.45. The van der Waals surface area contributed by atoms with E-state index in [-0.39, 0.29) is 11.7 Å². The number of benzene rings is 1. The lowest BCUT2D eigenvalue weighted by Crippen LogP contribution is -2.25. The lowest BCUT2D eigenvalue weighted by molar-refractivity contribution is -0.384. The standard InChI is InChI=1S/C15H17NO4/c1-3-4-5-12-10-15(12,14(17)20-2)11-6-8-13(9-7-11)16(18)19/h6-10H,3-5H2,1-2H3. The van der Waals surface area contributed by atoms with Crippen LogP contribution in [0.25, 0.3) is 0 Å². The van der Waals surface area contributed by atoms with Crippen molar-refractivity contribution in [3.63, 3.8) is 0 Å². The van der Waals surface area contributed by atoms with E-state index in [0.717, 1.165) is 30.4 Å². The molecule has 5 heteroatoms. The molecule has 1 aromatic rings. The number of carbonyl (C=O) groups excluding carboxylic acids is 1. The fourth-order valence-electron chi connectivity index (χ4n) is 2.45. The SMILES string of the molecule is CCCCC1=CC1(C(=O)OC)c1ccc([N+](=O)[O-])cc1. The highest BCUT2D eigenvalue weighted by atomic mass is 16.6. The van der Waals surface area contributed by atoms with Crippen LogP contribution in [0.1, 0.15) is 31.7 Å². The molecule has 0 saturated heterocycles. The molecule has 20 heavy (non-hydrogen) atoms. The minimum Gasteiger partial charge on any atom is -0.468 e. The fraction of sp³-hybridized carbons (Fsp3) is 0.400. The second-order valence-corrected chi connectivity index (χ2v) is 4.88. The monoisotopic (exact) mass is 275 g/mol. The summed E-state index contributed by atoms with van der Waals surface area (Å²) >= 11 is 0. The number of rotatable bonds is 6. The topological polar surface area (TPSA) is 69.4 Å². The Morgan fingerprint density at radius 2 is 2.00 bits per heavy atom. The molecule has 0 aliphatic heterocycles. The van der Waals surface area contributed by atoms with Crippen LogP contribution in [-0.2, 0) is 14.9 Å². The Kier molecular flexibility index (Phi) is 3.88. The zero-order valence-electron chi connectivity index (χ0n) is 11.6. The van der Waals surface area contributed by atoms with Crippen LogP contribution in [0.2, 0.25) is 0 Å². The number of nitro groups is 1. The third kappa shape index (κ3) is 2.31. The van der Waals surface area contributed by atoms with Crippen molar-refractivity contribution < 1.29 is 14.5 Å². The maximum absolute atomic E-state index is 12.1. The molecule has 106 valence electrons. The summed E-state index contributed by atoms with van der Waals surface area (Å²) in [6.45, 7) is 2.09. The van der Waals surface area contributed by atoms with Crippen LogP contribution in [0.15, 0.2) is 35.9 Å². The minimum absolute atomic E-state index is 0.0181. The summed E-state index contributed by atoms with van der Waals surface area (Å²) in [4.78, 5) is 22.3. The molecule has 0 fully saturated rings. The van der Waals surface area contributed by atoms with E-state index in [2.05, 4.69) is 6.92 Å². The Balaban J connectivity index is 2.26. The molecule has 0 heterocycles. The fourth-order valence-corrected chi connectivity index (χ4v) is 2.45. The van der Waals surface area contributed by atoms with Gasteiger partial charge in [-0.1, -0.05) is 31.6 Å². The number of esters is 1. The second-order valence-electron chi connectivity index (χ2n) is 4.88.